The summed E-state index contributed by atoms with van der Waals surface area (Å²) in [5.74, 6) is 0.727. The maximum atomic E-state index is 5.87. The molecule has 0 aliphatic heterocycles. The van der Waals surface area contributed by atoms with Crippen LogP contribution in [-0.4, -0.2) is 30.6 Å². The van der Waals surface area contributed by atoms with E-state index in [2.05, 4.69) is 25.8 Å². The van der Waals surface area contributed by atoms with E-state index in [0.717, 1.165) is 18.5 Å². The van der Waals surface area contributed by atoms with Gasteiger partial charge >= 0.3 is 0 Å². The van der Waals surface area contributed by atoms with E-state index in [-0.39, 0.29) is 0 Å². The fraction of sp³-hybridized carbons (Fsp3) is 1.00. The molecule has 2 N–H and O–H groups in total. The minimum atomic E-state index is 0.646. The Morgan fingerprint density at radius 3 is 2.43 bits per heavy atom. The van der Waals surface area contributed by atoms with Crippen molar-refractivity contribution in [2.75, 3.05) is 13.6 Å². The van der Waals surface area contributed by atoms with E-state index < -0.39 is 0 Å². The molecule has 1 rings (SSSR count). The van der Waals surface area contributed by atoms with Gasteiger partial charge in [0.15, 0.2) is 0 Å². The molecule has 1 fully saturated rings. The summed E-state index contributed by atoms with van der Waals surface area (Å²) in [6, 6.07) is 1.37. The standard InChI is InChI=1S/C12H26N2/c1-10(2)14(3)12-8-6-4-5-7-11(12)9-13/h10-12H,4-9,13H2,1-3H3. The van der Waals surface area contributed by atoms with Crippen molar-refractivity contribution in [3.05, 3.63) is 0 Å². The van der Waals surface area contributed by atoms with E-state index in [0.29, 0.717) is 6.04 Å². The van der Waals surface area contributed by atoms with Gasteiger partial charge in [0.05, 0.1) is 0 Å². The Labute approximate surface area is 88.8 Å². The molecule has 0 bridgehead atoms. The van der Waals surface area contributed by atoms with Crippen LogP contribution in [0.25, 0.3) is 0 Å². The topological polar surface area (TPSA) is 29.3 Å². The van der Waals surface area contributed by atoms with Crippen molar-refractivity contribution in [3.8, 4) is 0 Å². The maximum Gasteiger partial charge on any atom is 0.0135 e. The highest BCUT2D eigenvalue weighted by atomic mass is 15.2. The van der Waals surface area contributed by atoms with Crippen molar-refractivity contribution in [2.45, 2.75) is 58.0 Å². The van der Waals surface area contributed by atoms with Crippen molar-refractivity contribution in [3.63, 3.8) is 0 Å². The van der Waals surface area contributed by atoms with Gasteiger partial charge < -0.3 is 10.6 Å². The number of rotatable bonds is 3. The Kier molecular flexibility index (Phi) is 4.90. The predicted molar refractivity (Wildman–Crippen MR) is 62.3 cm³/mol. The van der Waals surface area contributed by atoms with Crippen molar-refractivity contribution < 1.29 is 0 Å². The van der Waals surface area contributed by atoms with Gasteiger partial charge in [0, 0.05) is 12.1 Å². The highest BCUT2D eigenvalue weighted by Crippen LogP contribution is 2.27. The zero-order chi connectivity index (χ0) is 10.6. The van der Waals surface area contributed by atoms with Gasteiger partial charge in [-0.3, -0.25) is 0 Å². The average Bonchev–Trinajstić information content (AvgIpc) is 2.40. The van der Waals surface area contributed by atoms with Crippen LogP contribution in [0, 0.1) is 5.92 Å². The number of hydrogen-bond acceptors (Lipinski definition) is 2. The third-order valence-corrected chi connectivity index (χ3v) is 3.76. The van der Waals surface area contributed by atoms with Crippen molar-refractivity contribution >= 4 is 0 Å². The van der Waals surface area contributed by atoms with Gasteiger partial charge in [-0.25, -0.2) is 0 Å². The van der Waals surface area contributed by atoms with Gasteiger partial charge in [-0.05, 0) is 46.2 Å². The van der Waals surface area contributed by atoms with Crippen molar-refractivity contribution in [2.24, 2.45) is 11.7 Å². The lowest BCUT2D eigenvalue weighted by molar-refractivity contribution is 0.134. The lowest BCUT2D eigenvalue weighted by Crippen LogP contribution is -2.43. The van der Waals surface area contributed by atoms with Gasteiger partial charge in [-0.1, -0.05) is 19.3 Å². The van der Waals surface area contributed by atoms with Crippen LogP contribution in [0.2, 0.25) is 0 Å². The van der Waals surface area contributed by atoms with Gasteiger partial charge in [-0.2, -0.15) is 0 Å². The van der Waals surface area contributed by atoms with Crippen LogP contribution in [0.5, 0.6) is 0 Å². The molecular formula is C12H26N2. The minimum Gasteiger partial charge on any atom is -0.330 e. The largest absolute Gasteiger partial charge is 0.330 e. The molecule has 2 atom stereocenters. The SMILES string of the molecule is CC(C)N(C)C1CCCCCC1CN. The molecule has 1 aliphatic rings. The van der Waals surface area contributed by atoms with E-state index in [1.54, 1.807) is 0 Å². The summed E-state index contributed by atoms with van der Waals surface area (Å²) >= 11 is 0. The molecule has 2 heteroatoms. The summed E-state index contributed by atoms with van der Waals surface area (Å²) in [5.41, 5.74) is 5.87. The number of nitrogens with zero attached hydrogens (tertiary/aromatic N) is 1. The quantitative estimate of drug-likeness (QED) is 0.705. The third-order valence-electron chi connectivity index (χ3n) is 3.76. The third kappa shape index (κ3) is 2.96. The second-order valence-corrected chi connectivity index (χ2v) is 4.96. The molecule has 1 aliphatic carbocycles. The average molecular weight is 198 g/mol. The molecular weight excluding hydrogens is 172 g/mol. The van der Waals surface area contributed by atoms with Crippen LogP contribution >= 0.6 is 0 Å². The molecule has 0 radical (unpaired) electrons. The summed E-state index contributed by atoms with van der Waals surface area (Å²) in [6.07, 6.45) is 6.84. The Bertz CT molecular complexity index is 156. The molecule has 84 valence electrons. The van der Waals surface area contributed by atoms with Crippen LogP contribution in [-0.2, 0) is 0 Å². The van der Waals surface area contributed by atoms with Crippen molar-refractivity contribution in [1.82, 2.24) is 4.90 Å². The molecule has 0 saturated heterocycles. The van der Waals surface area contributed by atoms with E-state index in [1.165, 1.54) is 32.1 Å². The first-order valence-electron chi connectivity index (χ1n) is 6.08. The zero-order valence-electron chi connectivity index (χ0n) is 10.00. The summed E-state index contributed by atoms with van der Waals surface area (Å²) in [5, 5.41) is 0. The lowest BCUT2D eigenvalue weighted by Gasteiger charge is -2.35. The molecule has 0 aromatic rings. The molecule has 2 nitrogen and oxygen atoms in total. The molecule has 1 saturated carbocycles. The van der Waals surface area contributed by atoms with Crippen LogP contribution in [0.1, 0.15) is 46.0 Å². The highest BCUT2D eigenvalue weighted by Gasteiger charge is 2.26. The molecule has 2 unspecified atom stereocenters. The summed E-state index contributed by atoms with van der Waals surface area (Å²) in [7, 11) is 2.25. The van der Waals surface area contributed by atoms with Crippen LogP contribution < -0.4 is 5.73 Å². The lowest BCUT2D eigenvalue weighted by atomic mass is 9.93. The number of hydrogen-bond donors (Lipinski definition) is 1. The van der Waals surface area contributed by atoms with Crippen LogP contribution in [0.3, 0.4) is 0 Å². The molecule has 14 heavy (non-hydrogen) atoms. The molecule has 0 amide bonds. The molecule has 0 aromatic carbocycles. The van der Waals surface area contributed by atoms with E-state index in [4.69, 9.17) is 5.73 Å². The van der Waals surface area contributed by atoms with Crippen molar-refractivity contribution in [1.29, 1.82) is 0 Å². The van der Waals surface area contributed by atoms with E-state index in [1.807, 2.05) is 0 Å². The summed E-state index contributed by atoms with van der Waals surface area (Å²) < 4.78 is 0. The smallest absolute Gasteiger partial charge is 0.0135 e. The second-order valence-electron chi connectivity index (χ2n) is 4.96. The first-order valence-corrected chi connectivity index (χ1v) is 6.08. The fourth-order valence-corrected chi connectivity index (χ4v) is 2.56. The maximum absolute atomic E-state index is 5.87. The first-order chi connectivity index (χ1) is 6.66. The Hall–Kier alpha value is -0.0800. The predicted octanol–water partition coefficient (Wildman–Crippen LogP) is 2.23. The summed E-state index contributed by atoms with van der Waals surface area (Å²) in [4.78, 5) is 2.52. The van der Waals surface area contributed by atoms with E-state index in [9.17, 15) is 0 Å². The highest BCUT2D eigenvalue weighted by molar-refractivity contribution is 4.82. The second kappa shape index (κ2) is 5.72. The Balaban J connectivity index is 2.60. The Morgan fingerprint density at radius 2 is 1.86 bits per heavy atom. The van der Waals surface area contributed by atoms with Gasteiger partial charge in [-0.15, -0.1) is 0 Å². The van der Waals surface area contributed by atoms with Crippen LogP contribution in [0.15, 0.2) is 0 Å². The molecule has 0 aromatic heterocycles. The Morgan fingerprint density at radius 1 is 1.21 bits per heavy atom. The van der Waals surface area contributed by atoms with Gasteiger partial charge in [0.25, 0.3) is 0 Å². The molecule has 0 spiro atoms. The monoisotopic (exact) mass is 198 g/mol. The normalized spacial score (nSPS) is 29.6. The summed E-state index contributed by atoms with van der Waals surface area (Å²) in [6.45, 7) is 5.42. The van der Waals surface area contributed by atoms with Crippen LogP contribution in [0.4, 0.5) is 0 Å². The molecule has 0 heterocycles. The first kappa shape index (κ1) is 12.0. The van der Waals surface area contributed by atoms with Gasteiger partial charge in [0.1, 0.15) is 0 Å². The van der Waals surface area contributed by atoms with E-state index >= 15 is 0 Å². The fourth-order valence-electron chi connectivity index (χ4n) is 2.56. The minimum absolute atomic E-state index is 0.646. The zero-order valence-corrected chi connectivity index (χ0v) is 10.00. The van der Waals surface area contributed by atoms with Gasteiger partial charge in [0.2, 0.25) is 0 Å². The number of nitrogens with two attached hydrogens (primary N) is 1.